The van der Waals surface area contributed by atoms with Crippen LogP contribution in [0.15, 0.2) is 0 Å². The smallest absolute Gasteiger partial charge is 0.222 e. The summed E-state index contributed by atoms with van der Waals surface area (Å²) in [4.78, 5) is 13.8. The Morgan fingerprint density at radius 2 is 2.29 bits per heavy atom. The third kappa shape index (κ3) is 6.24. The van der Waals surface area contributed by atoms with E-state index in [1.165, 1.54) is 6.42 Å². The number of rotatable bonds is 5. The Morgan fingerprint density at radius 1 is 1.59 bits per heavy atom. The van der Waals surface area contributed by atoms with Crippen LogP contribution in [0.5, 0.6) is 0 Å². The van der Waals surface area contributed by atoms with Gasteiger partial charge in [0.25, 0.3) is 0 Å². The molecule has 17 heavy (non-hydrogen) atoms. The number of halogens is 1. The van der Waals surface area contributed by atoms with Crippen LogP contribution >= 0.6 is 12.4 Å². The van der Waals surface area contributed by atoms with E-state index in [2.05, 4.69) is 0 Å². The second-order valence-electron chi connectivity index (χ2n) is 4.82. The van der Waals surface area contributed by atoms with Crippen molar-refractivity contribution in [2.75, 3.05) is 26.8 Å². The average molecular weight is 265 g/mol. The van der Waals surface area contributed by atoms with Crippen LogP contribution in [0.4, 0.5) is 0 Å². The number of amides is 1. The van der Waals surface area contributed by atoms with Gasteiger partial charge in [-0.3, -0.25) is 4.79 Å². The van der Waals surface area contributed by atoms with E-state index < -0.39 is 0 Å². The minimum absolute atomic E-state index is 0. The molecule has 102 valence electrons. The molecule has 2 unspecified atom stereocenters. The van der Waals surface area contributed by atoms with Gasteiger partial charge in [0.1, 0.15) is 0 Å². The molecule has 1 heterocycles. The van der Waals surface area contributed by atoms with Crippen molar-refractivity contribution < 1.29 is 9.53 Å². The van der Waals surface area contributed by atoms with Gasteiger partial charge in [-0.2, -0.15) is 0 Å². The lowest BCUT2D eigenvalue weighted by atomic mass is 9.98. The molecule has 1 fully saturated rings. The van der Waals surface area contributed by atoms with Gasteiger partial charge >= 0.3 is 0 Å². The Hall–Kier alpha value is -0.320. The number of piperidine rings is 1. The summed E-state index contributed by atoms with van der Waals surface area (Å²) >= 11 is 0. The Kier molecular flexibility index (Phi) is 8.56. The summed E-state index contributed by atoms with van der Waals surface area (Å²) in [6.45, 7) is 4.46. The number of nitrogens with zero attached hydrogens (tertiary/aromatic N) is 1. The van der Waals surface area contributed by atoms with Crippen LogP contribution in [0.2, 0.25) is 0 Å². The summed E-state index contributed by atoms with van der Waals surface area (Å²) in [5.41, 5.74) is 5.65. The summed E-state index contributed by atoms with van der Waals surface area (Å²) in [7, 11) is 1.72. The highest BCUT2D eigenvalue weighted by Gasteiger charge is 2.23. The lowest BCUT2D eigenvalue weighted by molar-refractivity contribution is -0.133. The zero-order valence-corrected chi connectivity index (χ0v) is 11.7. The molecule has 1 amide bonds. The number of nitrogens with two attached hydrogens (primary N) is 1. The number of hydrogen-bond acceptors (Lipinski definition) is 3. The third-order valence-electron chi connectivity index (χ3n) is 3.09. The molecule has 2 atom stereocenters. The maximum absolute atomic E-state index is 11.9. The summed E-state index contributed by atoms with van der Waals surface area (Å²) < 4.78 is 5.15. The van der Waals surface area contributed by atoms with E-state index in [1.54, 1.807) is 7.11 Å². The van der Waals surface area contributed by atoms with Crippen LogP contribution < -0.4 is 5.73 Å². The predicted octanol–water partition coefficient (Wildman–Crippen LogP) is 1.42. The Bertz CT molecular complexity index is 223. The molecule has 0 radical (unpaired) electrons. The number of hydrogen-bond donors (Lipinski definition) is 1. The summed E-state index contributed by atoms with van der Waals surface area (Å²) in [5, 5.41) is 0. The van der Waals surface area contributed by atoms with Gasteiger partial charge in [-0.05, 0) is 32.1 Å². The molecule has 5 heteroatoms. The number of ether oxygens (including phenoxy) is 1. The van der Waals surface area contributed by atoms with Crippen LogP contribution in [0, 0.1) is 5.92 Å². The number of likely N-dealkylation sites (tertiary alicyclic amines) is 1. The fourth-order valence-corrected chi connectivity index (χ4v) is 2.17. The van der Waals surface area contributed by atoms with Crippen LogP contribution in [0.1, 0.15) is 32.6 Å². The largest absolute Gasteiger partial charge is 0.384 e. The van der Waals surface area contributed by atoms with Crippen molar-refractivity contribution in [1.82, 2.24) is 4.90 Å². The Balaban J connectivity index is 0.00000256. The Labute approximate surface area is 110 Å². The SMILES string of the molecule is COCC1CCCN(C(=O)CCC(C)N)C1.Cl. The molecule has 0 spiro atoms. The molecule has 0 aliphatic carbocycles. The second kappa shape index (κ2) is 8.72. The van der Waals surface area contributed by atoms with Gasteiger partial charge < -0.3 is 15.4 Å². The van der Waals surface area contributed by atoms with E-state index in [4.69, 9.17) is 10.5 Å². The van der Waals surface area contributed by atoms with Gasteiger partial charge in [-0.15, -0.1) is 12.4 Å². The molecular weight excluding hydrogens is 240 g/mol. The lowest BCUT2D eigenvalue weighted by Gasteiger charge is -2.32. The first-order valence-corrected chi connectivity index (χ1v) is 6.15. The van der Waals surface area contributed by atoms with E-state index >= 15 is 0 Å². The predicted molar refractivity (Wildman–Crippen MR) is 71.3 cm³/mol. The molecule has 0 bridgehead atoms. The highest BCUT2D eigenvalue weighted by Crippen LogP contribution is 2.17. The van der Waals surface area contributed by atoms with Crippen molar-refractivity contribution in [3.63, 3.8) is 0 Å². The van der Waals surface area contributed by atoms with Crippen LogP contribution in [-0.4, -0.2) is 43.7 Å². The first kappa shape index (κ1) is 16.7. The highest BCUT2D eigenvalue weighted by atomic mass is 35.5. The maximum Gasteiger partial charge on any atom is 0.222 e. The molecule has 0 saturated carbocycles. The first-order chi connectivity index (χ1) is 7.63. The van der Waals surface area contributed by atoms with Crippen LogP contribution in [-0.2, 0) is 9.53 Å². The van der Waals surface area contributed by atoms with E-state index in [-0.39, 0.29) is 24.4 Å². The molecule has 0 aromatic rings. The molecule has 0 aromatic heterocycles. The Morgan fingerprint density at radius 3 is 2.88 bits per heavy atom. The van der Waals surface area contributed by atoms with E-state index in [0.29, 0.717) is 12.3 Å². The summed E-state index contributed by atoms with van der Waals surface area (Å²) in [6, 6.07) is 0.114. The standard InChI is InChI=1S/C12H24N2O2.ClH/c1-10(13)5-6-12(15)14-7-3-4-11(8-14)9-16-2;/h10-11H,3-9,13H2,1-2H3;1H. The average Bonchev–Trinajstić information content (AvgIpc) is 2.26. The minimum Gasteiger partial charge on any atom is -0.384 e. The van der Waals surface area contributed by atoms with Crippen molar-refractivity contribution in [3.8, 4) is 0 Å². The van der Waals surface area contributed by atoms with Crippen molar-refractivity contribution >= 4 is 18.3 Å². The number of methoxy groups -OCH3 is 1. The quantitative estimate of drug-likeness (QED) is 0.817. The fourth-order valence-electron chi connectivity index (χ4n) is 2.17. The molecule has 1 rings (SSSR count). The molecule has 4 nitrogen and oxygen atoms in total. The van der Waals surface area contributed by atoms with Gasteiger partial charge in [-0.25, -0.2) is 0 Å². The van der Waals surface area contributed by atoms with Crippen molar-refractivity contribution in [1.29, 1.82) is 0 Å². The molecule has 1 aliphatic heterocycles. The highest BCUT2D eigenvalue weighted by molar-refractivity contribution is 5.85. The minimum atomic E-state index is 0. The van der Waals surface area contributed by atoms with E-state index in [1.807, 2.05) is 11.8 Å². The van der Waals surface area contributed by atoms with Crippen molar-refractivity contribution in [2.24, 2.45) is 11.7 Å². The molecular formula is C12H25ClN2O2. The first-order valence-electron chi connectivity index (χ1n) is 6.15. The van der Waals surface area contributed by atoms with E-state index in [0.717, 1.165) is 32.5 Å². The van der Waals surface area contributed by atoms with Crippen molar-refractivity contribution in [3.05, 3.63) is 0 Å². The third-order valence-corrected chi connectivity index (χ3v) is 3.09. The maximum atomic E-state index is 11.9. The zero-order chi connectivity index (χ0) is 12.0. The van der Waals surface area contributed by atoms with Gasteiger partial charge in [0, 0.05) is 32.7 Å². The fraction of sp³-hybridized carbons (Fsp3) is 0.917. The van der Waals surface area contributed by atoms with Gasteiger partial charge in [-0.1, -0.05) is 0 Å². The van der Waals surface area contributed by atoms with Gasteiger partial charge in [0.2, 0.25) is 5.91 Å². The second-order valence-corrected chi connectivity index (χ2v) is 4.82. The van der Waals surface area contributed by atoms with Crippen molar-refractivity contribution in [2.45, 2.75) is 38.6 Å². The molecule has 1 aliphatic rings. The normalized spacial score (nSPS) is 21.8. The van der Waals surface area contributed by atoms with Gasteiger partial charge in [0.05, 0.1) is 6.61 Å². The number of carbonyl (C=O) groups is 1. The van der Waals surface area contributed by atoms with Crippen LogP contribution in [0.3, 0.4) is 0 Å². The lowest BCUT2D eigenvalue weighted by Crippen LogP contribution is -2.41. The van der Waals surface area contributed by atoms with Gasteiger partial charge in [0.15, 0.2) is 0 Å². The summed E-state index contributed by atoms with van der Waals surface area (Å²) in [5.74, 6) is 0.760. The monoisotopic (exact) mass is 264 g/mol. The van der Waals surface area contributed by atoms with Crippen LogP contribution in [0.25, 0.3) is 0 Å². The zero-order valence-electron chi connectivity index (χ0n) is 10.9. The molecule has 1 saturated heterocycles. The molecule has 2 N–H and O–H groups in total. The van der Waals surface area contributed by atoms with E-state index in [9.17, 15) is 4.79 Å². The summed E-state index contributed by atoms with van der Waals surface area (Å²) in [6.07, 6.45) is 3.63. The molecule has 0 aromatic carbocycles. The topological polar surface area (TPSA) is 55.6 Å². The number of carbonyl (C=O) groups excluding carboxylic acids is 1.